The second-order valence-corrected chi connectivity index (χ2v) is 10.0. The highest BCUT2D eigenvalue weighted by atomic mass is 32.2. The number of nitrogens with two attached hydrogens (primary N) is 2. The van der Waals surface area contributed by atoms with E-state index in [1.54, 1.807) is 6.20 Å². The molecule has 0 radical (unpaired) electrons. The molecule has 4 amide bonds. The van der Waals surface area contributed by atoms with E-state index in [4.69, 9.17) is 11.5 Å². The van der Waals surface area contributed by atoms with Gasteiger partial charge in [0.25, 0.3) is 0 Å². The molecule has 0 spiro atoms. The Bertz CT molecular complexity index is 1140. The van der Waals surface area contributed by atoms with Crippen LogP contribution < -0.4 is 27.4 Å². The lowest BCUT2D eigenvalue weighted by Gasteiger charge is -2.25. The summed E-state index contributed by atoms with van der Waals surface area (Å²) in [6.07, 6.45) is 3.35. The van der Waals surface area contributed by atoms with Crippen molar-refractivity contribution in [2.24, 2.45) is 11.5 Å². The van der Waals surface area contributed by atoms with Gasteiger partial charge in [0.05, 0.1) is 6.04 Å². The molecular weight excluding hydrogens is 532 g/mol. The maximum absolute atomic E-state index is 13.1. The Morgan fingerprint density at radius 1 is 1.00 bits per heavy atom. The van der Waals surface area contributed by atoms with Gasteiger partial charge in [-0.3, -0.25) is 19.2 Å². The predicted octanol–water partition coefficient (Wildman–Crippen LogP) is -0.475. The van der Waals surface area contributed by atoms with Crippen LogP contribution in [0.2, 0.25) is 0 Å². The fourth-order valence-electron chi connectivity index (χ4n) is 3.69. The third-order valence-corrected chi connectivity index (χ3v) is 6.84. The number of carbonyl (C=O) groups excluding carboxylic acids is 4. The number of hydrogen-bond acceptors (Lipinski definition) is 8. The molecule has 0 aliphatic rings. The number of para-hydroxylation sites is 1. The summed E-state index contributed by atoms with van der Waals surface area (Å²) in [6.45, 7) is 0. The molecule has 4 atom stereocenters. The van der Waals surface area contributed by atoms with Crippen molar-refractivity contribution in [2.45, 2.75) is 49.9 Å². The molecule has 4 unspecified atom stereocenters. The highest BCUT2D eigenvalue weighted by Gasteiger charge is 2.30. The van der Waals surface area contributed by atoms with Crippen LogP contribution in [0.1, 0.15) is 24.8 Å². The van der Waals surface area contributed by atoms with Gasteiger partial charge in [-0.25, -0.2) is 4.79 Å². The predicted molar refractivity (Wildman–Crippen MR) is 149 cm³/mol. The average Bonchev–Trinajstić information content (AvgIpc) is 3.30. The van der Waals surface area contributed by atoms with Crippen LogP contribution in [0.25, 0.3) is 10.9 Å². The maximum Gasteiger partial charge on any atom is 0.326 e. The Balaban J connectivity index is 2.19. The highest BCUT2D eigenvalue weighted by Crippen LogP contribution is 2.19. The van der Waals surface area contributed by atoms with E-state index in [9.17, 15) is 29.1 Å². The summed E-state index contributed by atoms with van der Waals surface area (Å²) >= 11 is 5.45. The number of aliphatic carboxylic acids is 1. The summed E-state index contributed by atoms with van der Waals surface area (Å²) in [5.74, 6) is -3.42. The number of thiol groups is 1. The van der Waals surface area contributed by atoms with Crippen LogP contribution in [0.5, 0.6) is 0 Å². The van der Waals surface area contributed by atoms with E-state index in [1.807, 2.05) is 30.5 Å². The zero-order valence-electron chi connectivity index (χ0n) is 20.9. The number of aromatic nitrogens is 1. The van der Waals surface area contributed by atoms with E-state index in [1.165, 1.54) is 11.8 Å². The van der Waals surface area contributed by atoms with Crippen LogP contribution >= 0.6 is 24.4 Å². The van der Waals surface area contributed by atoms with Crippen molar-refractivity contribution in [3.05, 3.63) is 36.0 Å². The van der Waals surface area contributed by atoms with Gasteiger partial charge < -0.3 is 37.5 Å². The van der Waals surface area contributed by atoms with Gasteiger partial charge in [-0.1, -0.05) is 18.2 Å². The van der Waals surface area contributed by atoms with Gasteiger partial charge in [0.1, 0.15) is 18.1 Å². The number of nitrogens with one attached hydrogen (secondary N) is 4. The van der Waals surface area contributed by atoms with Crippen LogP contribution in [-0.2, 0) is 30.4 Å². The number of hydrogen-bond donors (Lipinski definition) is 8. The molecule has 1 heterocycles. The van der Waals surface area contributed by atoms with Crippen LogP contribution in [0, 0.1) is 0 Å². The molecule has 208 valence electrons. The Hall–Kier alpha value is -3.23. The first-order valence-electron chi connectivity index (χ1n) is 11.9. The lowest BCUT2D eigenvalue weighted by Crippen LogP contribution is -2.57. The molecule has 0 aliphatic heterocycles. The molecular formula is C24H34N6O6S2. The first-order valence-corrected chi connectivity index (χ1v) is 13.9. The van der Waals surface area contributed by atoms with Gasteiger partial charge in [-0.2, -0.15) is 24.4 Å². The topological polar surface area (TPSA) is 209 Å². The summed E-state index contributed by atoms with van der Waals surface area (Å²) in [6, 6.07) is 2.81. The standard InChI is InChI=1S/C24H34N6O6S2/c1-38-9-8-18(28-21(32)15(25)12-37)23(34)29-17(6-7-20(26)31)22(33)30-19(24(35)36)10-13-11-27-16-5-3-2-4-14(13)16/h2-5,11,15,17-19,27,37H,6-10,12,25H2,1H3,(H2,26,31)(H,28,32)(H,29,34)(H,30,33)(H,35,36). The van der Waals surface area contributed by atoms with E-state index in [2.05, 4.69) is 33.6 Å². The SMILES string of the molecule is CSCCC(NC(=O)C(N)CS)C(=O)NC(CCC(N)=O)C(=O)NC(Cc1c[nH]c2ccccc12)C(=O)O. The van der Waals surface area contributed by atoms with Gasteiger partial charge in [-0.05, 0) is 36.5 Å². The molecule has 1 aromatic carbocycles. The van der Waals surface area contributed by atoms with Gasteiger partial charge in [0.2, 0.25) is 23.6 Å². The van der Waals surface area contributed by atoms with Gasteiger partial charge in [-0.15, -0.1) is 0 Å². The average molecular weight is 567 g/mol. The van der Waals surface area contributed by atoms with Gasteiger partial charge in [0.15, 0.2) is 0 Å². The minimum absolute atomic E-state index is 0.0183. The van der Waals surface area contributed by atoms with E-state index in [0.29, 0.717) is 11.3 Å². The van der Waals surface area contributed by atoms with Crippen molar-refractivity contribution in [2.75, 3.05) is 17.8 Å². The summed E-state index contributed by atoms with van der Waals surface area (Å²) in [7, 11) is 0. The zero-order valence-corrected chi connectivity index (χ0v) is 22.6. The van der Waals surface area contributed by atoms with Crippen molar-refractivity contribution in [3.63, 3.8) is 0 Å². The second-order valence-electron chi connectivity index (χ2n) is 8.66. The Labute approximate surface area is 229 Å². The number of carbonyl (C=O) groups is 5. The first kappa shape index (κ1) is 31.0. The number of aromatic amines is 1. The molecule has 0 aliphatic carbocycles. The number of H-pyrrole nitrogens is 1. The number of thioether (sulfide) groups is 1. The lowest BCUT2D eigenvalue weighted by atomic mass is 10.0. The number of carboxylic acid groups (broad SMARTS) is 1. The first-order chi connectivity index (χ1) is 18.1. The van der Waals surface area contributed by atoms with Crippen LogP contribution in [0.4, 0.5) is 0 Å². The zero-order chi connectivity index (χ0) is 28.2. The molecule has 2 aromatic rings. The molecule has 0 bridgehead atoms. The summed E-state index contributed by atoms with van der Waals surface area (Å²) < 4.78 is 0. The molecule has 14 heteroatoms. The summed E-state index contributed by atoms with van der Waals surface area (Å²) in [5, 5.41) is 18.1. The number of fused-ring (bicyclic) bond motifs is 1. The maximum atomic E-state index is 13.1. The fourth-order valence-corrected chi connectivity index (χ4v) is 4.32. The molecule has 9 N–H and O–H groups in total. The number of amides is 4. The van der Waals surface area contributed by atoms with Crippen LogP contribution in [0.3, 0.4) is 0 Å². The van der Waals surface area contributed by atoms with E-state index in [0.717, 1.165) is 10.9 Å². The summed E-state index contributed by atoms with van der Waals surface area (Å²) in [5.41, 5.74) is 12.4. The molecule has 1 aromatic heterocycles. The normalized spacial score (nSPS) is 14.2. The lowest BCUT2D eigenvalue weighted by molar-refractivity contribution is -0.142. The van der Waals surface area contributed by atoms with Crippen molar-refractivity contribution < 1.29 is 29.1 Å². The van der Waals surface area contributed by atoms with Crippen molar-refractivity contribution in [1.82, 2.24) is 20.9 Å². The monoisotopic (exact) mass is 566 g/mol. The Kier molecular flexibility index (Phi) is 12.4. The van der Waals surface area contributed by atoms with E-state index in [-0.39, 0.29) is 31.4 Å². The molecule has 0 saturated carbocycles. The number of benzene rings is 1. The minimum Gasteiger partial charge on any atom is -0.480 e. The molecule has 0 fully saturated rings. The largest absolute Gasteiger partial charge is 0.480 e. The van der Waals surface area contributed by atoms with Crippen LogP contribution in [-0.4, -0.2) is 81.6 Å². The van der Waals surface area contributed by atoms with Crippen molar-refractivity contribution in [3.8, 4) is 0 Å². The van der Waals surface area contributed by atoms with E-state index >= 15 is 0 Å². The molecule has 38 heavy (non-hydrogen) atoms. The van der Waals surface area contributed by atoms with Gasteiger partial charge in [0, 0.05) is 35.7 Å². The Morgan fingerprint density at radius 2 is 1.61 bits per heavy atom. The number of carboxylic acids is 1. The highest BCUT2D eigenvalue weighted by molar-refractivity contribution is 7.98. The number of primary amides is 1. The smallest absolute Gasteiger partial charge is 0.326 e. The third-order valence-electron chi connectivity index (χ3n) is 5.80. The fraction of sp³-hybridized carbons (Fsp3) is 0.458. The molecule has 12 nitrogen and oxygen atoms in total. The van der Waals surface area contributed by atoms with Crippen LogP contribution in [0.15, 0.2) is 30.5 Å². The van der Waals surface area contributed by atoms with Crippen molar-refractivity contribution >= 4 is 64.9 Å². The van der Waals surface area contributed by atoms with E-state index < -0.39 is 53.8 Å². The molecule has 0 saturated heterocycles. The Morgan fingerprint density at radius 3 is 2.21 bits per heavy atom. The van der Waals surface area contributed by atoms with Gasteiger partial charge >= 0.3 is 5.97 Å². The third kappa shape index (κ3) is 9.26. The quantitative estimate of drug-likeness (QED) is 0.124. The minimum atomic E-state index is -1.31. The summed E-state index contributed by atoms with van der Waals surface area (Å²) in [4.78, 5) is 64.9. The second kappa shape index (κ2) is 15.2. The number of rotatable bonds is 16. The van der Waals surface area contributed by atoms with Crippen molar-refractivity contribution in [1.29, 1.82) is 0 Å². The molecule has 2 rings (SSSR count).